The third kappa shape index (κ3) is 2.35. The van der Waals surface area contributed by atoms with E-state index >= 15 is 0 Å². The summed E-state index contributed by atoms with van der Waals surface area (Å²) < 4.78 is 0. The molecule has 3 aromatic carbocycles. The molecule has 3 aromatic rings. The van der Waals surface area contributed by atoms with Crippen LogP contribution in [0.1, 0.15) is 61.4 Å². The van der Waals surface area contributed by atoms with Gasteiger partial charge in [0.2, 0.25) is 0 Å². The van der Waals surface area contributed by atoms with Gasteiger partial charge in [0.25, 0.3) is 0 Å². The van der Waals surface area contributed by atoms with Crippen LogP contribution in [0.25, 0.3) is 22.3 Å². The van der Waals surface area contributed by atoms with Crippen LogP contribution in [-0.4, -0.2) is 0 Å². The SMILES string of the molecule is Cc1ccc2c(c1)C(C)(C)c1c-2ccc(-c2ccccc2C(C)C)c1C. The molecule has 0 nitrogen and oxygen atoms in total. The van der Waals surface area contributed by atoms with Crippen molar-refractivity contribution in [2.24, 2.45) is 0 Å². The molecule has 0 saturated heterocycles. The van der Waals surface area contributed by atoms with Crippen LogP contribution < -0.4 is 0 Å². The zero-order valence-corrected chi connectivity index (χ0v) is 16.8. The number of fused-ring (bicyclic) bond motifs is 3. The lowest BCUT2D eigenvalue weighted by Gasteiger charge is -2.25. The maximum atomic E-state index is 2.38. The molecule has 1 aliphatic rings. The van der Waals surface area contributed by atoms with Gasteiger partial charge in [-0.2, -0.15) is 0 Å². The van der Waals surface area contributed by atoms with E-state index in [-0.39, 0.29) is 5.41 Å². The van der Waals surface area contributed by atoms with Gasteiger partial charge in [-0.1, -0.05) is 87.9 Å². The van der Waals surface area contributed by atoms with Crippen LogP contribution in [0, 0.1) is 13.8 Å². The average Bonchev–Trinajstić information content (AvgIpc) is 2.83. The van der Waals surface area contributed by atoms with Crippen molar-refractivity contribution in [3.63, 3.8) is 0 Å². The first-order valence-corrected chi connectivity index (χ1v) is 9.67. The highest BCUT2D eigenvalue weighted by atomic mass is 14.4. The summed E-state index contributed by atoms with van der Waals surface area (Å²) in [7, 11) is 0. The van der Waals surface area contributed by atoms with Crippen molar-refractivity contribution in [2.75, 3.05) is 0 Å². The van der Waals surface area contributed by atoms with Gasteiger partial charge in [0.1, 0.15) is 0 Å². The lowest BCUT2D eigenvalue weighted by molar-refractivity contribution is 0.655. The summed E-state index contributed by atoms with van der Waals surface area (Å²) in [6.07, 6.45) is 0. The van der Waals surface area contributed by atoms with Gasteiger partial charge in [-0.3, -0.25) is 0 Å². The van der Waals surface area contributed by atoms with Crippen LogP contribution in [0.15, 0.2) is 54.6 Å². The third-order valence-corrected chi connectivity index (χ3v) is 6.10. The molecular weight excluding hydrogens is 312 g/mol. The van der Waals surface area contributed by atoms with E-state index in [1.165, 1.54) is 50.1 Å². The number of hydrogen-bond donors (Lipinski definition) is 0. The van der Waals surface area contributed by atoms with Crippen molar-refractivity contribution < 1.29 is 0 Å². The van der Waals surface area contributed by atoms with Gasteiger partial charge in [0.15, 0.2) is 0 Å². The second kappa shape index (κ2) is 5.84. The summed E-state index contributed by atoms with van der Waals surface area (Å²) in [6, 6.07) is 20.5. The van der Waals surface area contributed by atoms with Crippen molar-refractivity contribution >= 4 is 0 Å². The lowest BCUT2D eigenvalue weighted by atomic mass is 9.78. The summed E-state index contributed by atoms with van der Waals surface area (Å²) in [4.78, 5) is 0. The largest absolute Gasteiger partial charge is 0.0619 e. The Bertz CT molecular complexity index is 1000. The highest BCUT2D eigenvalue weighted by molar-refractivity contribution is 5.86. The molecule has 0 aliphatic heterocycles. The summed E-state index contributed by atoms with van der Waals surface area (Å²) in [6.45, 7) is 13.8. The highest BCUT2D eigenvalue weighted by Crippen LogP contribution is 2.52. The monoisotopic (exact) mass is 340 g/mol. The number of hydrogen-bond acceptors (Lipinski definition) is 0. The first-order chi connectivity index (χ1) is 12.3. The third-order valence-electron chi connectivity index (χ3n) is 6.10. The molecule has 26 heavy (non-hydrogen) atoms. The zero-order valence-electron chi connectivity index (χ0n) is 16.8. The van der Waals surface area contributed by atoms with Gasteiger partial charge >= 0.3 is 0 Å². The predicted molar refractivity (Wildman–Crippen MR) is 113 cm³/mol. The predicted octanol–water partition coefficient (Wildman–Crippen LogP) is 7.40. The molecule has 132 valence electrons. The Kier molecular flexibility index (Phi) is 3.84. The normalized spacial score (nSPS) is 14.4. The fraction of sp³-hybridized carbons (Fsp3) is 0.308. The molecule has 4 rings (SSSR count). The fourth-order valence-electron chi connectivity index (χ4n) is 4.82. The van der Waals surface area contributed by atoms with E-state index < -0.39 is 0 Å². The first-order valence-electron chi connectivity index (χ1n) is 9.67. The van der Waals surface area contributed by atoms with E-state index in [1.54, 1.807) is 0 Å². The van der Waals surface area contributed by atoms with Crippen LogP contribution in [0.3, 0.4) is 0 Å². The molecule has 0 amide bonds. The quantitative estimate of drug-likeness (QED) is 0.456. The molecule has 0 heterocycles. The van der Waals surface area contributed by atoms with Crippen LogP contribution >= 0.6 is 0 Å². The van der Waals surface area contributed by atoms with Gasteiger partial charge in [-0.15, -0.1) is 0 Å². The van der Waals surface area contributed by atoms with E-state index in [2.05, 4.69) is 96.1 Å². The Morgan fingerprint density at radius 3 is 2.12 bits per heavy atom. The summed E-state index contributed by atoms with van der Waals surface area (Å²) in [5, 5.41) is 0. The van der Waals surface area contributed by atoms with Crippen LogP contribution in [0.5, 0.6) is 0 Å². The van der Waals surface area contributed by atoms with Crippen molar-refractivity contribution in [3.05, 3.63) is 82.4 Å². The highest BCUT2D eigenvalue weighted by Gasteiger charge is 2.37. The lowest BCUT2D eigenvalue weighted by Crippen LogP contribution is -2.17. The van der Waals surface area contributed by atoms with Gasteiger partial charge in [0, 0.05) is 5.41 Å². The fourth-order valence-corrected chi connectivity index (χ4v) is 4.82. The van der Waals surface area contributed by atoms with Gasteiger partial charge in [-0.05, 0) is 64.3 Å². The molecule has 0 unspecified atom stereocenters. The standard InChI is InChI=1S/C26H28/c1-16(2)19-9-7-8-10-21(19)20-13-14-23-22-12-11-17(3)15-24(22)26(5,6)25(23)18(20)4/h7-16H,1-6H3. The van der Waals surface area contributed by atoms with Gasteiger partial charge in [-0.25, -0.2) is 0 Å². The molecule has 0 heteroatoms. The molecular formula is C26H28. The minimum absolute atomic E-state index is 0.0452. The Balaban J connectivity index is 1.99. The van der Waals surface area contributed by atoms with E-state index in [9.17, 15) is 0 Å². The number of benzene rings is 3. The molecule has 0 N–H and O–H groups in total. The number of rotatable bonds is 2. The number of aryl methyl sites for hydroxylation is 1. The Hall–Kier alpha value is -2.34. The second-order valence-electron chi connectivity index (χ2n) is 8.58. The van der Waals surface area contributed by atoms with Crippen molar-refractivity contribution in [2.45, 2.75) is 52.9 Å². The molecule has 0 spiro atoms. The van der Waals surface area contributed by atoms with Crippen LogP contribution in [0.4, 0.5) is 0 Å². The minimum Gasteiger partial charge on any atom is -0.0619 e. The molecule has 1 aliphatic carbocycles. The summed E-state index contributed by atoms with van der Waals surface area (Å²) in [5.74, 6) is 0.520. The molecule has 0 fully saturated rings. The van der Waals surface area contributed by atoms with Crippen molar-refractivity contribution in [3.8, 4) is 22.3 Å². The maximum absolute atomic E-state index is 2.38. The van der Waals surface area contributed by atoms with E-state index in [4.69, 9.17) is 0 Å². The average molecular weight is 341 g/mol. The molecule has 0 bridgehead atoms. The smallest absolute Gasteiger partial charge is 0.0161 e. The molecule has 0 atom stereocenters. The van der Waals surface area contributed by atoms with Crippen molar-refractivity contribution in [1.29, 1.82) is 0 Å². The van der Waals surface area contributed by atoms with E-state index in [0.29, 0.717) is 5.92 Å². The summed E-state index contributed by atoms with van der Waals surface area (Å²) in [5.41, 5.74) is 12.8. The molecule has 0 radical (unpaired) electrons. The van der Waals surface area contributed by atoms with Gasteiger partial charge in [0.05, 0.1) is 0 Å². The molecule has 0 aromatic heterocycles. The minimum atomic E-state index is 0.0452. The Morgan fingerprint density at radius 2 is 1.38 bits per heavy atom. The van der Waals surface area contributed by atoms with Crippen LogP contribution in [-0.2, 0) is 5.41 Å². The Labute approximate surface area is 157 Å². The second-order valence-corrected chi connectivity index (χ2v) is 8.58. The van der Waals surface area contributed by atoms with Crippen molar-refractivity contribution in [1.82, 2.24) is 0 Å². The van der Waals surface area contributed by atoms with E-state index in [1.807, 2.05) is 0 Å². The van der Waals surface area contributed by atoms with Crippen LogP contribution in [0.2, 0.25) is 0 Å². The Morgan fingerprint density at radius 1 is 0.731 bits per heavy atom. The maximum Gasteiger partial charge on any atom is 0.0161 e. The molecule has 0 saturated carbocycles. The summed E-state index contributed by atoms with van der Waals surface area (Å²) >= 11 is 0. The topological polar surface area (TPSA) is 0 Å². The van der Waals surface area contributed by atoms with E-state index in [0.717, 1.165) is 0 Å². The first kappa shape index (κ1) is 17.1. The van der Waals surface area contributed by atoms with Gasteiger partial charge < -0.3 is 0 Å². The zero-order chi connectivity index (χ0) is 18.6.